The van der Waals surface area contributed by atoms with Crippen LogP contribution in [0.2, 0.25) is 0 Å². The van der Waals surface area contributed by atoms with E-state index in [4.69, 9.17) is 0 Å². The molecule has 1 aliphatic heterocycles. The second-order valence-corrected chi connectivity index (χ2v) is 6.21. The molecule has 0 aromatic heterocycles. The first-order chi connectivity index (χ1) is 11.1. The third kappa shape index (κ3) is 3.22. The molecule has 6 heteroatoms. The molecule has 124 valence electrons. The summed E-state index contributed by atoms with van der Waals surface area (Å²) in [6.45, 7) is 0.826. The van der Waals surface area contributed by atoms with Gasteiger partial charge in [0.05, 0.1) is 6.54 Å². The minimum Gasteiger partial charge on any atom is -0.378 e. The molecular formula is C17H21FN2O3. The molecule has 1 aliphatic carbocycles. The average Bonchev–Trinajstić information content (AvgIpc) is 3.08. The highest BCUT2D eigenvalue weighted by Crippen LogP contribution is 2.26. The van der Waals surface area contributed by atoms with Crippen LogP contribution < -0.4 is 0 Å². The van der Waals surface area contributed by atoms with E-state index < -0.39 is 17.8 Å². The van der Waals surface area contributed by atoms with Gasteiger partial charge in [-0.2, -0.15) is 0 Å². The van der Waals surface area contributed by atoms with E-state index in [0.29, 0.717) is 13.1 Å². The number of nitrogens with zero attached hydrogens (tertiary/aromatic N) is 2. The summed E-state index contributed by atoms with van der Waals surface area (Å²) in [5.41, 5.74) is -0.0526. The quantitative estimate of drug-likeness (QED) is 0.917. The van der Waals surface area contributed by atoms with E-state index in [1.807, 2.05) is 4.90 Å². The molecule has 0 unspecified atom stereocenters. The number of carbonyl (C=O) groups is 2. The maximum absolute atomic E-state index is 13.7. The highest BCUT2D eigenvalue weighted by Gasteiger charge is 2.35. The van der Waals surface area contributed by atoms with Crippen molar-refractivity contribution in [3.63, 3.8) is 0 Å². The zero-order valence-corrected chi connectivity index (χ0v) is 12.9. The van der Waals surface area contributed by atoms with E-state index in [1.54, 1.807) is 6.07 Å². The van der Waals surface area contributed by atoms with Crippen molar-refractivity contribution in [3.8, 4) is 0 Å². The smallest absolute Gasteiger partial charge is 0.256 e. The van der Waals surface area contributed by atoms with E-state index in [1.165, 1.54) is 23.1 Å². The molecule has 1 saturated carbocycles. The van der Waals surface area contributed by atoms with Crippen LogP contribution in [0.4, 0.5) is 4.39 Å². The van der Waals surface area contributed by atoms with Gasteiger partial charge in [0.25, 0.3) is 5.91 Å². The Morgan fingerprint density at radius 3 is 2.57 bits per heavy atom. The number of aliphatic hydroxyl groups is 1. The lowest BCUT2D eigenvalue weighted by molar-refractivity contribution is -0.152. The second kappa shape index (κ2) is 6.66. The van der Waals surface area contributed by atoms with Crippen LogP contribution in [0.3, 0.4) is 0 Å². The summed E-state index contributed by atoms with van der Waals surface area (Å²) < 4.78 is 13.7. The molecule has 1 aromatic carbocycles. The summed E-state index contributed by atoms with van der Waals surface area (Å²) in [4.78, 5) is 27.8. The Balaban J connectivity index is 1.65. The number of hydrogen-bond donors (Lipinski definition) is 1. The largest absolute Gasteiger partial charge is 0.378 e. The lowest BCUT2D eigenvalue weighted by Gasteiger charge is -2.38. The van der Waals surface area contributed by atoms with Crippen LogP contribution in [-0.4, -0.2) is 52.4 Å². The fraction of sp³-hybridized carbons (Fsp3) is 0.529. The predicted octanol–water partition coefficient (Wildman–Crippen LogP) is 1.47. The number of piperazine rings is 1. The van der Waals surface area contributed by atoms with Crippen molar-refractivity contribution in [2.45, 2.75) is 37.8 Å². The number of rotatable bonds is 3. The van der Waals surface area contributed by atoms with Crippen LogP contribution in [0.15, 0.2) is 24.3 Å². The summed E-state index contributed by atoms with van der Waals surface area (Å²) in [6.07, 6.45) is 2.77. The summed E-state index contributed by atoms with van der Waals surface area (Å²) >= 11 is 0. The van der Waals surface area contributed by atoms with Gasteiger partial charge in [0.2, 0.25) is 5.91 Å². The first-order valence-electron chi connectivity index (χ1n) is 8.08. The number of benzene rings is 1. The minimum atomic E-state index is -1.57. The SMILES string of the molecule is O=C([C@@H](O)c1ccccc1F)N1CCN(C2CCCC2)C(=O)C1. The number of hydrogen-bond acceptors (Lipinski definition) is 3. The van der Waals surface area contributed by atoms with Crippen LogP contribution in [0, 0.1) is 5.82 Å². The summed E-state index contributed by atoms with van der Waals surface area (Å²) in [6, 6.07) is 5.94. The zero-order valence-electron chi connectivity index (χ0n) is 12.9. The van der Waals surface area contributed by atoms with Crippen molar-refractivity contribution in [2.24, 2.45) is 0 Å². The van der Waals surface area contributed by atoms with Crippen LogP contribution in [-0.2, 0) is 9.59 Å². The molecule has 5 nitrogen and oxygen atoms in total. The Hall–Kier alpha value is -1.95. The molecule has 1 aromatic rings. The molecule has 0 bridgehead atoms. The number of aliphatic hydroxyl groups excluding tert-OH is 1. The number of carbonyl (C=O) groups excluding carboxylic acids is 2. The second-order valence-electron chi connectivity index (χ2n) is 6.21. The van der Waals surface area contributed by atoms with Gasteiger partial charge in [0.1, 0.15) is 5.82 Å². The molecule has 0 spiro atoms. The van der Waals surface area contributed by atoms with Crippen molar-refractivity contribution >= 4 is 11.8 Å². The Bertz CT molecular complexity index is 601. The van der Waals surface area contributed by atoms with Gasteiger partial charge in [0, 0.05) is 24.7 Å². The average molecular weight is 320 g/mol. The maximum atomic E-state index is 13.7. The summed E-state index contributed by atoms with van der Waals surface area (Å²) in [5, 5.41) is 10.1. The van der Waals surface area contributed by atoms with Gasteiger partial charge < -0.3 is 14.9 Å². The van der Waals surface area contributed by atoms with Crippen molar-refractivity contribution < 1.29 is 19.1 Å². The lowest BCUT2D eigenvalue weighted by Crippen LogP contribution is -2.55. The fourth-order valence-corrected chi connectivity index (χ4v) is 3.48. The van der Waals surface area contributed by atoms with Gasteiger partial charge in [-0.3, -0.25) is 9.59 Å². The standard InChI is InChI=1S/C17H21FN2O3/c18-14-8-4-3-7-13(14)16(22)17(23)19-9-10-20(15(21)11-19)12-5-1-2-6-12/h3-4,7-8,12,16,22H,1-2,5-6,9-11H2/t16-/m0/s1. The van der Waals surface area contributed by atoms with E-state index >= 15 is 0 Å². The molecule has 2 aliphatic rings. The Morgan fingerprint density at radius 2 is 1.91 bits per heavy atom. The Kier molecular flexibility index (Phi) is 4.61. The molecule has 2 fully saturated rings. The van der Waals surface area contributed by atoms with Gasteiger partial charge in [-0.15, -0.1) is 0 Å². The summed E-state index contributed by atoms with van der Waals surface area (Å²) in [7, 11) is 0. The molecule has 2 amide bonds. The van der Waals surface area contributed by atoms with Gasteiger partial charge in [-0.25, -0.2) is 4.39 Å². The highest BCUT2D eigenvalue weighted by atomic mass is 19.1. The highest BCUT2D eigenvalue weighted by molar-refractivity contribution is 5.88. The molecule has 3 rings (SSSR count). The summed E-state index contributed by atoms with van der Waals surface area (Å²) in [5.74, 6) is -1.32. The van der Waals surface area contributed by atoms with E-state index in [0.717, 1.165) is 25.7 Å². The van der Waals surface area contributed by atoms with Gasteiger partial charge in [-0.05, 0) is 18.9 Å². The first kappa shape index (κ1) is 15.9. The van der Waals surface area contributed by atoms with Crippen molar-refractivity contribution in [1.29, 1.82) is 0 Å². The molecule has 1 saturated heterocycles. The fourth-order valence-electron chi connectivity index (χ4n) is 3.48. The van der Waals surface area contributed by atoms with Crippen LogP contribution in [0.1, 0.15) is 37.4 Å². The predicted molar refractivity (Wildman–Crippen MR) is 81.9 cm³/mol. The third-order valence-electron chi connectivity index (χ3n) is 4.77. The minimum absolute atomic E-state index is 0.0408. The first-order valence-corrected chi connectivity index (χ1v) is 8.08. The van der Waals surface area contributed by atoms with Crippen molar-refractivity contribution in [2.75, 3.05) is 19.6 Å². The van der Waals surface area contributed by atoms with Crippen LogP contribution in [0.5, 0.6) is 0 Å². The van der Waals surface area contributed by atoms with E-state index in [-0.39, 0.29) is 24.1 Å². The van der Waals surface area contributed by atoms with Gasteiger partial charge in [-0.1, -0.05) is 31.0 Å². The monoisotopic (exact) mass is 320 g/mol. The molecule has 1 heterocycles. The third-order valence-corrected chi connectivity index (χ3v) is 4.77. The molecule has 1 atom stereocenters. The number of halogens is 1. The Labute approximate surface area is 134 Å². The lowest BCUT2D eigenvalue weighted by atomic mass is 10.1. The maximum Gasteiger partial charge on any atom is 0.256 e. The van der Waals surface area contributed by atoms with Gasteiger partial charge in [0.15, 0.2) is 6.10 Å². The molecule has 0 radical (unpaired) electrons. The van der Waals surface area contributed by atoms with Crippen molar-refractivity contribution in [3.05, 3.63) is 35.6 Å². The van der Waals surface area contributed by atoms with Crippen molar-refractivity contribution in [1.82, 2.24) is 9.80 Å². The Morgan fingerprint density at radius 1 is 1.22 bits per heavy atom. The number of amides is 2. The van der Waals surface area contributed by atoms with Crippen LogP contribution >= 0.6 is 0 Å². The normalized spacial score (nSPS) is 20.9. The topological polar surface area (TPSA) is 60.9 Å². The zero-order chi connectivity index (χ0) is 16.4. The molecule has 1 N–H and O–H groups in total. The molecule has 23 heavy (non-hydrogen) atoms. The molecular weight excluding hydrogens is 299 g/mol. The van der Waals surface area contributed by atoms with E-state index in [2.05, 4.69) is 0 Å². The van der Waals surface area contributed by atoms with Crippen LogP contribution in [0.25, 0.3) is 0 Å². The van der Waals surface area contributed by atoms with Gasteiger partial charge >= 0.3 is 0 Å². The van der Waals surface area contributed by atoms with E-state index in [9.17, 15) is 19.1 Å².